The number of benzene rings is 2. The number of halogens is 4. The summed E-state index contributed by atoms with van der Waals surface area (Å²) < 4.78 is 52.3. The molecule has 0 unspecified atom stereocenters. The molecule has 3 rings (SSSR count). The number of carbonyl (C=O) groups excluding carboxylic acids is 1. The number of nitrogens with zero attached hydrogens (tertiary/aromatic N) is 2. The van der Waals surface area contributed by atoms with Gasteiger partial charge in [-0.05, 0) is 36.4 Å². The Balaban J connectivity index is 1.81. The van der Waals surface area contributed by atoms with Crippen LogP contribution in [0.5, 0.6) is 0 Å². The van der Waals surface area contributed by atoms with Gasteiger partial charge in [0.25, 0.3) is 5.91 Å². The predicted octanol–water partition coefficient (Wildman–Crippen LogP) is 4.63. The van der Waals surface area contributed by atoms with Crippen LogP contribution < -0.4 is 10.6 Å². The molecule has 5 nitrogen and oxygen atoms in total. The van der Waals surface area contributed by atoms with Crippen molar-refractivity contribution in [1.29, 1.82) is 0 Å². The number of aromatic nitrogens is 2. The van der Waals surface area contributed by atoms with Crippen molar-refractivity contribution in [3.8, 4) is 0 Å². The smallest absolute Gasteiger partial charge is 0.324 e. The summed E-state index contributed by atoms with van der Waals surface area (Å²) in [5.41, 5.74) is -1.14. The van der Waals surface area contributed by atoms with Gasteiger partial charge >= 0.3 is 6.18 Å². The maximum atomic E-state index is 13.2. The van der Waals surface area contributed by atoms with E-state index in [1.165, 1.54) is 42.6 Å². The number of hydrogen-bond donors (Lipinski definition) is 2. The van der Waals surface area contributed by atoms with Gasteiger partial charge in [0.05, 0.1) is 11.3 Å². The minimum absolute atomic E-state index is 0.00245. The summed E-state index contributed by atoms with van der Waals surface area (Å²) in [4.78, 5) is 20.1. The highest BCUT2D eigenvalue weighted by molar-refractivity contribution is 6.03. The Hall–Kier alpha value is -3.49. The van der Waals surface area contributed by atoms with Crippen LogP contribution in [0.1, 0.15) is 16.1 Å². The molecule has 0 saturated heterocycles. The van der Waals surface area contributed by atoms with Gasteiger partial charge in [0.15, 0.2) is 0 Å². The molecule has 0 aliphatic rings. The zero-order valence-corrected chi connectivity index (χ0v) is 13.6. The van der Waals surface area contributed by atoms with Crippen molar-refractivity contribution < 1.29 is 22.4 Å². The van der Waals surface area contributed by atoms with E-state index < -0.39 is 23.5 Å². The molecule has 0 saturated carbocycles. The van der Waals surface area contributed by atoms with E-state index in [0.29, 0.717) is 5.69 Å². The van der Waals surface area contributed by atoms with Crippen LogP contribution in [0, 0.1) is 5.82 Å². The van der Waals surface area contributed by atoms with Gasteiger partial charge in [-0.3, -0.25) is 4.79 Å². The van der Waals surface area contributed by atoms with Gasteiger partial charge in [-0.1, -0.05) is 18.2 Å². The summed E-state index contributed by atoms with van der Waals surface area (Å²) >= 11 is 0. The lowest BCUT2D eigenvalue weighted by Gasteiger charge is -2.13. The fourth-order valence-corrected chi connectivity index (χ4v) is 2.27. The third-order valence-corrected chi connectivity index (χ3v) is 3.45. The van der Waals surface area contributed by atoms with E-state index in [1.54, 1.807) is 6.07 Å². The summed E-state index contributed by atoms with van der Waals surface area (Å²) in [5.74, 6) is -1.31. The highest BCUT2D eigenvalue weighted by Gasteiger charge is 2.33. The average molecular weight is 376 g/mol. The van der Waals surface area contributed by atoms with Gasteiger partial charge in [0, 0.05) is 11.9 Å². The fraction of sp³-hybridized carbons (Fsp3) is 0.0556. The molecule has 0 aliphatic heterocycles. The molecule has 3 aromatic rings. The third-order valence-electron chi connectivity index (χ3n) is 3.45. The lowest BCUT2D eigenvalue weighted by Crippen LogP contribution is -2.18. The van der Waals surface area contributed by atoms with E-state index in [-0.39, 0.29) is 17.3 Å². The third kappa shape index (κ3) is 4.57. The van der Waals surface area contributed by atoms with Crippen LogP contribution in [0.4, 0.5) is 34.9 Å². The molecule has 0 radical (unpaired) electrons. The lowest BCUT2D eigenvalue weighted by molar-refractivity contribution is -0.136. The molecule has 9 heteroatoms. The van der Waals surface area contributed by atoms with E-state index in [1.807, 2.05) is 0 Å². The Kier molecular flexibility index (Phi) is 5.02. The van der Waals surface area contributed by atoms with Gasteiger partial charge in [0.2, 0.25) is 5.95 Å². The van der Waals surface area contributed by atoms with Crippen LogP contribution in [0.15, 0.2) is 60.8 Å². The Labute approximate surface area is 151 Å². The Bertz CT molecular complexity index is 975. The summed E-state index contributed by atoms with van der Waals surface area (Å²) in [6.45, 7) is 0. The Morgan fingerprint density at radius 1 is 1.00 bits per heavy atom. The topological polar surface area (TPSA) is 66.9 Å². The number of alkyl halides is 3. The molecular weight excluding hydrogens is 364 g/mol. The Morgan fingerprint density at radius 3 is 2.52 bits per heavy atom. The van der Waals surface area contributed by atoms with Crippen LogP contribution in [-0.4, -0.2) is 15.9 Å². The van der Waals surface area contributed by atoms with Crippen molar-refractivity contribution in [1.82, 2.24) is 9.97 Å². The second-order valence-corrected chi connectivity index (χ2v) is 5.40. The number of para-hydroxylation sites is 1. The van der Waals surface area contributed by atoms with Gasteiger partial charge in [-0.15, -0.1) is 0 Å². The SMILES string of the molecule is O=C(Nc1ccccc1C(F)(F)F)c1ccnc(Nc2cccc(F)c2)n1. The van der Waals surface area contributed by atoms with Crippen molar-refractivity contribution in [2.75, 3.05) is 10.6 Å². The number of anilines is 3. The van der Waals surface area contributed by atoms with Crippen molar-refractivity contribution in [2.24, 2.45) is 0 Å². The van der Waals surface area contributed by atoms with Crippen molar-refractivity contribution in [2.45, 2.75) is 6.18 Å². The monoisotopic (exact) mass is 376 g/mol. The number of hydrogen-bond acceptors (Lipinski definition) is 4. The molecule has 2 N–H and O–H groups in total. The lowest BCUT2D eigenvalue weighted by atomic mass is 10.1. The maximum Gasteiger partial charge on any atom is 0.418 e. The Morgan fingerprint density at radius 2 is 1.78 bits per heavy atom. The second-order valence-electron chi connectivity index (χ2n) is 5.40. The summed E-state index contributed by atoms with van der Waals surface area (Å²) in [6, 6.07) is 11.4. The van der Waals surface area contributed by atoms with Gasteiger partial charge < -0.3 is 10.6 Å². The molecular formula is C18H12F4N4O. The maximum absolute atomic E-state index is 13.2. The van der Waals surface area contributed by atoms with Crippen molar-refractivity contribution in [3.63, 3.8) is 0 Å². The first-order valence-corrected chi connectivity index (χ1v) is 7.66. The zero-order chi connectivity index (χ0) is 19.4. The average Bonchev–Trinajstić information content (AvgIpc) is 2.61. The van der Waals surface area contributed by atoms with Crippen molar-refractivity contribution >= 4 is 23.2 Å². The van der Waals surface area contributed by atoms with E-state index in [9.17, 15) is 22.4 Å². The second kappa shape index (κ2) is 7.40. The number of nitrogens with one attached hydrogen (secondary N) is 2. The van der Waals surface area contributed by atoms with E-state index in [4.69, 9.17) is 0 Å². The first kappa shape index (κ1) is 18.3. The summed E-state index contributed by atoms with van der Waals surface area (Å²) in [5, 5.41) is 4.91. The van der Waals surface area contributed by atoms with E-state index in [0.717, 1.165) is 12.1 Å². The van der Waals surface area contributed by atoms with Crippen LogP contribution in [0.3, 0.4) is 0 Å². The first-order valence-electron chi connectivity index (χ1n) is 7.66. The molecule has 0 atom stereocenters. The van der Waals surface area contributed by atoms with Crippen molar-refractivity contribution in [3.05, 3.63) is 77.9 Å². The van der Waals surface area contributed by atoms with Gasteiger partial charge in [0.1, 0.15) is 11.5 Å². The molecule has 1 amide bonds. The number of carbonyl (C=O) groups is 1. The molecule has 1 heterocycles. The molecule has 0 bridgehead atoms. The minimum atomic E-state index is -4.61. The highest BCUT2D eigenvalue weighted by Crippen LogP contribution is 2.34. The molecule has 138 valence electrons. The van der Waals surface area contributed by atoms with E-state index >= 15 is 0 Å². The first-order chi connectivity index (χ1) is 12.8. The summed E-state index contributed by atoms with van der Waals surface area (Å²) in [7, 11) is 0. The van der Waals surface area contributed by atoms with Crippen LogP contribution >= 0.6 is 0 Å². The standard InChI is InChI=1S/C18H12F4N4O/c19-11-4-3-5-12(10-11)24-17-23-9-8-15(26-17)16(27)25-14-7-2-1-6-13(14)18(20,21)22/h1-10H,(H,25,27)(H,23,24,26). The predicted molar refractivity (Wildman–Crippen MR) is 91.1 cm³/mol. The fourth-order valence-electron chi connectivity index (χ4n) is 2.27. The molecule has 0 spiro atoms. The highest BCUT2D eigenvalue weighted by atomic mass is 19.4. The minimum Gasteiger partial charge on any atom is -0.324 e. The molecule has 0 aliphatic carbocycles. The number of amides is 1. The number of rotatable bonds is 4. The molecule has 0 fully saturated rings. The molecule has 2 aromatic carbocycles. The summed E-state index contributed by atoms with van der Waals surface area (Å²) in [6.07, 6.45) is -3.35. The zero-order valence-electron chi connectivity index (χ0n) is 13.6. The largest absolute Gasteiger partial charge is 0.418 e. The van der Waals surface area contributed by atoms with Crippen LogP contribution in [-0.2, 0) is 6.18 Å². The van der Waals surface area contributed by atoms with Crippen LogP contribution in [0.25, 0.3) is 0 Å². The van der Waals surface area contributed by atoms with E-state index in [2.05, 4.69) is 20.6 Å². The van der Waals surface area contributed by atoms with Gasteiger partial charge in [-0.2, -0.15) is 13.2 Å². The van der Waals surface area contributed by atoms with Crippen LogP contribution in [0.2, 0.25) is 0 Å². The molecule has 27 heavy (non-hydrogen) atoms. The van der Waals surface area contributed by atoms with Gasteiger partial charge in [-0.25, -0.2) is 14.4 Å². The quantitative estimate of drug-likeness (QED) is 0.652. The normalized spacial score (nSPS) is 11.1. The molecule has 1 aromatic heterocycles.